The summed E-state index contributed by atoms with van der Waals surface area (Å²) in [6, 6.07) is 5.14. The van der Waals surface area contributed by atoms with Crippen molar-refractivity contribution in [2.75, 3.05) is 13.2 Å². The molecule has 2 nitrogen and oxygen atoms in total. The van der Waals surface area contributed by atoms with Crippen molar-refractivity contribution in [1.29, 1.82) is 0 Å². The van der Waals surface area contributed by atoms with Gasteiger partial charge in [0, 0.05) is 28.6 Å². The van der Waals surface area contributed by atoms with Crippen LogP contribution in [0.5, 0.6) is 0 Å². The van der Waals surface area contributed by atoms with Crippen molar-refractivity contribution in [3.63, 3.8) is 0 Å². The fraction of sp³-hybridized carbons (Fsp3) is 0.571. The van der Waals surface area contributed by atoms with Gasteiger partial charge >= 0.3 is 0 Å². The maximum Gasteiger partial charge on any atom is 0.128 e. The Hall–Kier alpha value is -0.450. The Kier molecular flexibility index (Phi) is 4.76. The first-order valence-electron chi connectivity index (χ1n) is 6.43. The molecule has 1 aliphatic heterocycles. The zero-order chi connectivity index (χ0) is 13.1. The number of hydrogen-bond donors (Lipinski definition) is 1. The van der Waals surface area contributed by atoms with E-state index in [0.29, 0.717) is 5.92 Å². The Bertz CT molecular complexity index is 413. The molecule has 1 aromatic rings. The fourth-order valence-corrected chi connectivity index (χ4v) is 3.03. The highest BCUT2D eigenvalue weighted by Gasteiger charge is 2.33. The highest BCUT2D eigenvalue weighted by atomic mass is 79.9. The largest absolute Gasteiger partial charge is 0.378 e. The summed E-state index contributed by atoms with van der Waals surface area (Å²) in [5, 5.41) is 3.40. The van der Waals surface area contributed by atoms with E-state index in [9.17, 15) is 4.39 Å². The van der Waals surface area contributed by atoms with Gasteiger partial charge in [-0.05, 0) is 38.1 Å². The minimum atomic E-state index is -0.150. The van der Waals surface area contributed by atoms with E-state index in [0.717, 1.165) is 29.6 Å². The molecule has 1 fully saturated rings. The molecule has 0 aromatic heterocycles. The second-order valence-electron chi connectivity index (χ2n) is 4.73. The predicted octanol–water partition coefficient (Wildman–Crippen LogP) is 3.66. The van der Waals surface area contributed by atoms with E-state index in [2.05, 4.69) is 28.2 Å². The van der Waals surface area contributed by atoms with Gasteiger partial charge in [-0.2, -0.15) is 0 Å². The minimum absolute atomic E-state index is 0.0185. The van der Waals surface area contributed by atoms with E-state index < -0.39 is 0 Å². The van der Waals surface area contributed by atoms with Crippen molar-refractivity contribution >= 4 is 15.9 Å². The normalized spacial score (nSPS) is 25.3. The lowest BCUT2D eigenvalue weighted by atomic mass is 9.88. The quantitative estimate of drug-likeness (QED) is 0.915. The first-order valence-corrected chi connectivity index (χ1v) is 7.22. The topological polar surface area (TPSA) is 21.3 Å². The summed E-state index contributed by atoms with van der Waals surface area (Å²) in [6.45, 7) is 5.70. The summed E-state index contributed by atoms with van der Waals surface area (Å²) in [4.78, 5) is 0. The summed E-state index contributed by atoms with van der Waals surface area (Å²) in [5.74, 6) is 0.178. The lowest BCUT2D eigenvalue weighted by Gasteiger charge is -2.27. The molecule has 0 bridgehead atoms. The average molecular weight is 316 g/mol. The molecule has 1 aliphatic rings. The first-order chi connectivity index (χ1) is 8.63. The summed E-state index contributed by atoms with van der Waals surface area (Å²) in [7, 11) is 0. The monoisotopic (exact) mass is 315 g/mol. The number of nitrogens with one attached hydrogen (secondary N) is 1. The maximum absolute atomic E-state index is 14.0. The van der Waals surface area contributed by atoms with Gasteiger partial charge in [0.1, 0.15) is 5.82 Å². The predicted molar refractivity (Wildman–Crippen MR) is 74.0 cm³/mol. The molecular weight excluding hydrogens is 297 g/mol. The molecule has 18 heavy (non-hydrogen) atoms. The van der Waals surface area contributed by atoms with Crippen LogP contribution in [0.3, 0.4) is 0 Å². The zero-order valence-corrected chi connectivity index (χ0v) is 12.3. The molecule has 1 saturated heterocycles. The van der Waals surface area contributed by atoms with Crippen LogP contribution in [-0.2, 0) is 4.74 Å². The summed E-state index contributed by atoms with van der Waals surface area (Å²) in [5.41, 5.74) is 0.730. The van der Waals surface area contributed by atoms with Gasteiger partial charge in [0.2, 0.25) is 0 Å². The molecule has 0 saturated carbocycles. The van der Waals surface area contributed by atoms with Gasteiger partial charge in [-0.3, -0.25) is 0 Å². The summed E-state index contributed by atoms with van der Waals surface area (Å²) in [6.07, 6.45) is 1.15. The molecular formula is C14H19BrFNO. The Morgan fingerprint density at radius 3 is 2.94 bits per heavy atom. The number of hydrogen-bond acceptors (Lipinski definition) is 2. The fourth-order valence-electron chi connectivity index (χ4n) is 2.65. The number of halogens is 2. The van der Waals surface area contributed by atoms with Crippen LogP contribution in [0.2, 0.25) is 0 Å². The van der Waals surface area contributed by atoms with Gasteiger partial charge in [0.25, 0.3) is 0 Å². The van der Waals surface area contributed by atoms with Crippen LogP contribution in [-0.4, -0.2) is 19.3 Å². The molecule has 1 N–H and O–H groups in total. The lowest BCUT2D eigenvalue weighted by Crippen LogP contribution is -2.32. The van der Waals surface area contributed by atoms with Crippen molar-refractivity contribution in [1.82, 2.24) is 5.32 Å². The maximum atomic E-state index is 14.0. The molecule has 0 aliphatic carbocycles. The van der Waals surface area contributed by atoms with Gasteiger partial charge in [0.15, 0.2) is 0 Å². The second-order valence-corrected chi connectivity index (χ2v) is 5.65. The van der Waals surface area contributed by atoms with E-state index in [4.69, 9.17) is 4.74 Å². The van der Waals surface area contributed by atoms with Gasteiger partial charge in [0.05, 0.1) is 6.10 Å². The molecule has 0 spiro atoms. The molecule has 3 atom stereocenters. The molecule has 4 heteroatoms. The molecule has 0 amide bonds. The molecule has 100 valence electrons. The standard InChI is InChI=1S/C14H19BrFNO/c1-3-17-14(11-6-7-18-9(11)2)12-8-10(15)4-5-13(12)16/h4-5,8-9,11,14,17H,3,6-7H2,1-2H3. The van der Waals surface area contributed by atoms with Crippen LogP contribution >= 0.6 is 15.9 Å². The molecule has 3 unspecified atom stereocenters. The van der Waals surface area contributed by atoms with Crippen molar-refractivity contribution in [3.05, 3.63) is 34.1 Å². The van der Waals surface area contributed by atoms with Gasteiger partial charge in [-0.15, -0.1) is 0 Å². The Morgan fingerprint density at radius 1 is 1.56 bits per heavy atom. The molecule has 1 heterocycles. The third-order valence-corrected chi connectivity index (χ3v) is 4.07. The number of rotatable bonds is 4. The molecule has 2 rings (SSSR count). The SMILES string of the molecule is CCNC(c1cc(Br)ccc1F)C1CCOC1C. The number of benzene rings is 1. The van der Waals surface area contributed by atoms with E-state index >= 15 is 0 Å². The van der Waals surface area contributed by atoms with Crippen molar-refractivity contribution in [2.24, 2.45) is 5.92 Å². The van der Waals surface area contributed by atoms with E-state index in [1.54, 1.807) is 6.07 Å². The van der Waals surface area contributed by atoms with E-state index in [1.165, 1.54) is 6.07 Å². The Balaban J connectivity index is 2.31. The Morgan fingerprint density at radius 2 is 2.33 bits per heavy atom. The van der Waals surface area contributed by atoms with Crippen LogP contribution in [0.15, 0.2) is 22.7 Å². The van der Waals surface area contributed by atoms with Crippen LogP contribution in [0.1, 0.15) is 31.9 Å². The highest BCUT2D eigenvalue weighted by Crippen LogP contribution is 2.35. The molecule has 1 aromatic carbocycles. The van der Waals surface area contributed by atoms with Gasteiger partial charge in [-0.1, -0.05) is 22.9 Å². The van der Waals surface area contributed by atoms with E-state index in [1.807, 2.05) is 13.0 Å². The third-order valence-electron chi connectivity index (χ3n) is 3.58. The summed E-state index contributed by atoms with van der Waals surface area (Å²) >= 11 is 3.41. The van der Waals surface area contributed by atoms with Gasteiger partial charge < -0.3 is 10.1 Å². The third kappa shape index (κ3) is 2.92. The second kappa shape index (κ2) is 6.13. The lowest BCUT2D eigenvalue weighted by molar-refractivity contribution is 0.0951. The number of ether oxygens (including phenoxy) is 1. The van der Waals surface area contributed by atoms with Crippen molar-refractivity contribution < 1.29 is 9.13 Å². The first kappa shape index (κ1) is 14.0. The minimum Gasteiger partial charge on any atom is -0.378 e. The van der Waals surface area contributed by atoms with Crippen LogP contribution in [0.25, 0.3) is 0 Å². The van der Waals surface area contributed by atoms with E-state index in [-0.39, 0.29) is 18.0 Å². The van der Waals surface area contributed by atoms with Gasteiger partial charge in [-0.25, -0.2) is 4.39 Å². The zero-order valence-electron chi connectivity index (χ0n) is 10.7. The average Bonchev–Trinajstić information content (AvgIpc) is 2.76. The highest BCUT2D eigenvalue weighted by molar-refractivity contribution is 9.10. The Labute approximate surface area is 116 Å². The smallest absolute Gasteiger partial charge is 0.128 e. The van der Waals surface area contributed by atoms with Crippen LogP contribution in [0.4, 0.5) is 4.39 Å². The van der Waals surface area contributed by atoms with Crippen molar-refractivity contribution in [3.8, 4) is 0 Å². The summed E-state index contributed by atoms with van der Waals surface area (Å²) < 4.78 is 20.5. The molecule has 0 radical (unpaired) electrons. The van der Waals surface area contributed by atoms with Crippen LogP contribution in [0, 0.1) is 11.7 Å². The van der Waals surface area contributed by atoms with Crippen LogP contribution < -0.4 is 5.32 Å². The van der Waals surface area contributed by atoms with Crippen molar-refractivity contribution in [2.45, 2.75) is 32.4 Å².